The highest BCUT2D eigenvalue weighted by molar-refractivity contribution is 9.10. The molecule has 2 rings (SSSR count). The van der Waals surface area contributed by atoms with Crippen molar-refractivity contribution in [2.24, 2.45) is 7.05 Å². The fourth-order valence-electron chi connectivity index (χ4n) is 1.76. The summed E-state index contributed by atoms with van der Waals surface area (Å²) in [7, 11) is 3.75. The third-order valence-corrected chi connectivity index (χ3v) is 3.35. The molecule has 0 amide bonds. The molecule has 3 nitrogen and oxygen atoms in total. The van der Waals surface area contributed by atoms with Crippen molar-refractivity contribution < 1.29 is 4.39 Å². The number of nitrogens with zero attached hydrogens (tertiary/aromatic N) is 2. The van der Waals surface area contributed by atoms with Crippen LogP contribution in [0.5, 0.6) is 0 Å². The Morgan fingerprint density at radius 3 is 2.59 bits per heavy atom. The van der Waals surface area contributed by atoms with E-state index in [4.69, 9.17) is 0 Å². The molecule has 2 aromatic rings. The van der Waals surface area contributed by atoms with Crippen LogP contribution in [0.4, 0.5) is 4.39 Å². The minimum atomic E-state index is -0.234. The SMILES string of the molecule is CNCc1nn(C)c(-c2ccc(F)cc2)c1Br. The summed E-state index contributed by atoms with van der Waals surface area (Å²) >= 11 is 3.54. The van der Waals surface area contributed by atoms with E-state index in [1.165, 1.54) is 12.1 Å². The maximum atomic E-state index is 12.9. The monoisotopic (exact) mass is 297 g/mol. The molecule has 90 valence electrons. The topological polar surface area (TPSA) is 29.9 Å². The first kappa shape index (κ1) is 12.3. The molecule has 0 bridgehead atoms. The minimum Gasteiger partial charge on any atom is -0.314 e. The molecule has 0 atom stereocenters. The molecule has 0 aliphatic heterocycles. The average molecular weight is 298 g/mol. The van der Waals surface area contributed by atoms with Gasteiger partial charge in [-0.05, 0) is 47.2 Å². The quantitative estimate of drug-likeness (QED) is 0.944. The number of nitrogens with one attached hydrogen (secondary N) is 1. The van der Waals surface area contributed by atoms with Crippen molar-refractivity contribution in [1.82, 2.24) is 15.1 Å². The number of aromatic nitrogens is 2. The molecular weight excluding hydrogens is 285 g/mol. The van der Waals surface area contributed by atoms with Crippen LogP contribution < -0.4 is 5.32 Å². The standard InChI is InChI=1S/C12H13BrFN3/c1-15-7-10-11(13)12(17(2)16-10)8-3-5-9(14)6-4-8/h3-6,15H,7H2,1-2H3. The van der Waals surface area contributed by atoms with E-state index in [1.807, 2.05) is 14.1 Å². The van der Waals surface area contributed by atoms with E-state index in [0.29, 0.717) is 6.54 Å². The van der Waals surface area contributed by atoms with Crippen LogP contribution in [0.2, 0.25) is 0 Å². The number of hydrogen-bond donors (Lipinski definition) is 1. The van der Waals surface area contributed by atoms with Crippen molar-refractivity contribution in [2.45, 2.75) is 6.54 Å². The Labute approximate surface area is 108 Å². The van der Waals surface area contributed by atoms with Crippen LogP contribution in [0.1, 0.15) is 5.69 Å². The van der Waals surface area contributed by atoms with Crippen molar-refractivity contribution in [3.8, 4) is 11.3 Å². The van der Waals surface area contributed by atoms with E-state index in [2.05, 4.69) is 26.3 Å². The highest BCUT2D eigenvalue weighted by atomic mass is 79.9. The molecular formula is C12H13BrFN3. The minimum absolute atomic E-state index is 0.234. The lowest BCUT2D eigenvalue weighted by molar-refractivity contribution is 0.628. The Morgan fingerprint density at radius 1 is 1.35 bits per heavy atom. The summed E-state index contributed by atoms with van der Waals surface area (Å²) in [5.41, 5.74) is 2.83. The highest BCUT2D eigenvalue weighted by Crippen LogP contribution is 2.30. The fourth-order valence-corrected chi connectivity index (χ4v) is 2.46. The van der Waals surface area contributed by atoms with E-state index in [-0.39, 0.29) is 5.82 Å². The smallest absolute Gasteiger partial charge is 0.123 e. The van der Waals surface area contributed by atoms with E-state index in [1.54, 1.807) is 16.8 Å². The molecule has 0 spiro atoms. The molecule has 0 saturated carbocycles. The summed E-state index contributed by atoms with van der Waals surface area (Å²) in [5.74, 6) is -0.234. The fraction of sp³-hybridized carbons (Fsp3) is 0.250. The zero-order valence-corrected chi connectivity index (χ0v) is 11.3. The molecule has 17 heavy (non-hydrogen) atoms. The van der Waals surface area contributed by atoms with Gasteiger partial charge < -0.3 is 5.32 Å². The lowest BCUT2D eigenvalue weighted by Crippen LogP contribution is -2.06. The van der Waals surface area contributed by atoms with Crippen LogP contribution in [0, 0.1) is 5.82 Å². The summed E-state index contributed by atoms with van der Waals surface area (Å²) in [4.78, 5) is 0. The predicted octanol–water partition coefficient (Wildman–Crippen LogP) is 2.71. The zero-order valence-electron chi connectivity index (χ0n) is 9.67. The van der Waals surface area contributed by atoms with Gasteiger partial charge in [0.15, 0.2) is 0 Å². The largest absolute Gasteiger partial charge is 0.314 e. The van der Waals surface area contributed by atoms with E-state index in [0.717, 1.165) is 21.4 Å². The van der Waals surface area contributed by atoms with Crippen molar-refractivity contribution >= 4 is 15.9 Å². The number of benzene rings is 1. The lowest BCUT2D eigenvalue weighted by Gasteiger charge is -2.02. The Bertz CT molecular complexity index is 519. The van der Waals surface area contributed by atoms with Crippen molar-refractivity contribution in [1.29, 1.82) is 0 Å². The van der Waals surface area contributed by atoms with Gasteiger partial charge in [-0.25, -0.2) is 4.39 Å². The van der Waals surface area contributed by atoms with E-state index in [9.17, 15) is 4.39 Å². The second-order valence-electron chi connectivity index (χ2n) is 3.77. The average Bonchev–Trinajstić information content (AvgIpc) is 2.57. The van der Waals surface area contributed by atoms with Crippen LogP contribution in [-0.4, -0.2) is 16.8 Å². The third kappa shape index (κ3) is 2.40. The second kappa shape index (κ2) is 4.98. The maximum absolute atomic E-state index is 12.9. The molecule has 5 heteroatoms. The third-order valence-electron chi connectivity index (χ3n) is 2.52. The van der Waals surface area contributed by atoms with Crippen molar-refractivity contribution in [2.75, 3.05) is 7.05 Å². The van der Waals surface area contributed by atoms with Gasteiger partial charge in [0.1, 0.15) is 5.82 Å². The molecule has 0 unspecified atom stereocenters. The Hall–Kier alpha value is -1.20. The Balaban J connectivity index is 2.48. The number of hydrogen-bond acceptors (Lipinski definition) is 2. The number of rotatable bonds is 3. The number of halogens is 2. The van der Waals surface area contributed by atoms with Gasteiger partial charge in [0.2, 0.25) is 0 Å². The van der Waals surface area contributed by atoms with E-state index < -0.39 is 0 Å². The molecule has 0 saturated heterocycles. The van der Waals surface area contributed by atoms with Gasteiger partial charge in [-0.1, -0.05) is 0 Å². The first-order valence-corrected chi connectivity index (χ1v) is 6.04. The van der Waals surface area contributed by atoms with Gasteiger partial charge in [-0.2, -0.15) is 5.10 Å². The first-order valence-electron chi connectivity index (χ1n) is 5.25. The van der Waals surface area contributed by atoms with Gasteiger partial charge in [0, 0.05) is 19.2 Å². The summed E-state index contributed by atoms with van der Waals surface area (Å²) in [6, 6.07) is 6.40. The number of aryl methyl sites for hydroxylation is 1. The molecule has 0 fully saturated rings. The summed E-state index contributed by atoms with van der Waals surface area (Å²) in [6.45, 7) is 0.690. The summed E-state index contributed by atoms with van der Waals surface area (Å²) < 4.78 is 15.6. The first-order chi connectivity index (χ1) is 8.13. The Morgan fingerprint density at radius 2 is 2.00 bits per heavy atom. The van der Waals surface area contributed by atoms with Gasteiger partial charge in [-0.15, -0.1) is 0 Å². The van der Waals surface area contributed by atoms with Crippen molar-refractivity contribution in [3.05, 3.63) is 40.2 Å². The lowest BCUT2D eigenvalue weighted by atomic mass is 10.1. The van der Waals surface area contributed by atoms with Crippen LogP contribution >= 0.6 is 15.9 Å². The van der Waals surface area contributed by atoms with Gasteiger partial charge >= 0.3 is 0 Å². The normalized spacial score (nSPS) is 10.8. The predicted molar refractivity (Wildman–Crippen MR) is 69.1 cm³/mol. The van der Waals surface area contributed by atoms with Crippen LogP contribution in [0.25, 0.3) is 11.3 Å². The Kier molecular flexibility index (Phi) is 3.59. The summed E-state index contributed by atoms with van der Waals surface area (Å²) in [5, 5.41) is 7.47. The molecule has 0 radical (unpaired) electrons. The molecule has 0 aliphatic carbocycles. The molecule has 0 aliphatic rings. The molecule has 1 aromatic heterocycles. The van der Waals surface area contributed by atoms with Crippen molar-refractivity contribution in [3.63, 3.8) is 0 Å². The second-order valence-corrected chi connectivity index (χ2v) is 4.56. The van der Waals surface area contributed by atoms with Gasteiger partial charge in [0.25, 0.3) is 0 Å². The molecule has 1 aromatic carbocycles. The zero-order chi connectivity index (χ0) is 12.4. The van der Waals surface area contributed by atoms with Crippen LogP contribution in [-0.2, 0) is 13.6 Å². The van der Waals surface area contributed by atoms with Gasteiger partial charge in [0.05, 0.1) is 15.9 Å². The van der Waals surface area contributed by atoms with E-state index >= 15 is 0 Å². The van der Waals surface area contributed by atoms with Crippen LogP contribution in [0.3, 0.4) is 0 Å². The maximum Gasteiger partial charge on any atom is 0.123 e. The molecule has 1 N–H and O–H groups in total. The molecule has 1 heterocycles. The highest BCUT2D eigenvalue weighted by Gasteiger charge is 2.14. The van der Waals surface area contributed by atoms with Gasteiger partial charge in [-0.3, -0.25) is 4.68 Å². The summed E-state index contributed by atoms with van der Waals surface area (Å²) in [6.07, 6.45) is 0. The van der Waals surface area contributed by atoms with Crippen LogP contribution in [0.15, 0.2) is 28.7 Å².